The van der Waals surface area contributed by atoms with E-state index in [1.807, 2.05) is 97.7 Å². The maximum Gasteiger partial charge on any atom is 0.164 e. The number of aromatic nitrogens is 8. The van der Waals surface area contributed by atoms with Gasteiger partial charge in [-0.05, 0) is 63.8 Å². The van der Waals surface area contributed by atoms with Crippen LogP contribution < -0.4 is 11.5 Å². The summed E-state index contributed by atoms with van der Waals surface area (Å²) in [5.41, 5.74) is 16.5. The van der Waals surface area contributed by atoms with Crippen LogP contribution in [0.25, 0.3) is 22.1 Å². The van der Waals surface area contributed by atoms with Crippen molar-refractivity contribution in [2.24, 2.45) is 0 Å². The van der Waals surface area contributed by atoms with Gasteiger partial charge in [0, 0.05) is 23.2 Å². The molecule has 2 aromatic carbocycles. The third kappa shape index (κ3) is 5.88. The smallest absolute Gasteiger partial charge is 0.164 e. The lowest BCUT2D eigenvalue weighted by Gasteiger charge is -2.05. The summed E-state index contributed by atoms with van der Waals surface area (Å²) in [6.07, 6.45) is 2.90. The second-order valence-corrected chi connectivity index (χ2v) is 9.92. The molecule has 0 aliphatic carbocycles. The number of rotatable bonds is 2. The Morgan fingerprint density at radius 2 is 0.929 bits per heavy atom. The van der Waals surface area contributed by atoms with Crippen molar-refractivity contribution < 1.29 is 0 Å². The lowest BCUT2D eigenvalue weighted by Crippen LogP contribution is -2.04. The highest BCUT2D eigenvalue weighted by atomic mass is 15.3. The maximum absolute atomic E-state index is 5.97. The Morgan fingerprint density at radius 1 is 0.548 bits per heavy atom. The van der Waals surface area contributed by atoms with Crippen molar-refractivity contribution in [3.63, 3.8) is 0 Å². The first-order chi connectivity index (χ1) is 20.3. The van der Waals surface area contributed by atoms with Crippen LogP contribution in [-0.4, -0.2) is 39.5 Å². The molecule has 10 heteroatoms. The average Bonchev–Trinajstić information content (AvgIpc) is 3.57. The van der Waals surface area contributed by atoms with E-state index in [2.05, 4.69) is 53.8 Å². The minimum Gasteiger partial charge on any atom is -0.383 e. The van der Waals surface area contributed by atoms with Gasteiger partial charge in [0.15, 0.2) is 11.3 Å². The number of fused-ring (bicyclic) bond motifs is 2. The molecule has 0 atom stereocenters. The van der Waals surface area contributed by atoms with E-state index in [0.29, 0.717) is 23.0 Å². The lowest BCUT2D eigenvalue weighted by atomic mass is 10.2. The van der Waals surface area contributed by atoms with Crippen molar-refractivity contribution in [3.05, 3.63) is 95.8 Å². The van der Waals surface area contributed by atoms with Crippen molar-refractivity contribution in [2.45, 2.75) is 39.8 Å². The summed E-state index contributed by atoms with van der Waals surface area (Å²) in [4.78, 5) is 16.6. The monoisotopic (exact) mass is 554 g/mol. The number of nitrogen functional groups attached to an aromatic ring is 2. The first kappa shape index (κ1) is 27.8. The van der Waals surface area contributed by atoms with Crippen LogP contribution in [0.15, 0.2) is 73.3 Å². The van der Waals surface area contributed by atoms with Gasteiger partial charge in [-0.1, -0.05) is 48.2 Å². The summed E-state index contributed by atoms with van der Waals surface area (Å²) in [7, 11) is 0. The zero-order chi connectivity index (χ0) is 29.6. The Labute approximate surface area is 243 Å². The number of hydrogen-bond donors (Lipinski definition) is 2. The van der Waals surface area contributed by atoms with Crippen LogP contribution in [0.1, 0.15) is 62.3 Å². The Balaban J connectivity index is 0.000000168. The molecular formula is C32H30N10. The molecule has 4 heterocycles. The Bertz CT molecular complexity index is 1820. The van der Waals surface area contributed by atoms with Gasteiger partial charge in [-0.2, -0.15) is 10.2 Å². The van der Waals surface area contributed by atoms with E-state index in [1.54, 1.807) is 0 Å². The summed E-state index contributed by atoms with van der Waals surface area (Å²) in [6, 6.07) is 19.9. The van der Waals surface area contributed by atoms with Gasteiger partial charge in [-0.25, -0.2) is 29.3 Å². The predicted octanol–water partition coefficient (Wildman–Crippen LogP) is 4.78. The van der Waals surface area contributed by atoms with Gasteiger partial charge >= 0.3 is 0 Å². The van der Waals surface area contributed by atoms with Gasteiger partial charge < -0.3 is 11.5 Å². The van der Waals surface area contributed by atoms with E-state index in [9.17, 15) is 0 Å². The molecule has 4 aromatic heterocycles. The molecule has 0 saturated carbocycles. The molecule has 0 spiro atoms. The van der Waals surface area contributed by atoms with Crippen LogP contribution in [0.4, 0.5) is 11.6 Å². The zero-order valence-corrected chi connectivity index (χ0v) is 23.8. The van der Waals surface area contributed by atoms with E-state index < -0.39 is 0 Å². The minimum absolute atomic E-state index is 0.175. The highest BCUT2D eigenvalue weighted by Crippen LogP contribution is 2.24. The largest absolute Gasteiger partial charge is 0.383 e. The molecule has 0 unspecified atom stereocenters. The molecule has 4 N–H and O–H groups in total. The topological polar surface area (TPSA) is 139 Å². The highest BCUT2D eigenvalue weighted by molar-refractivity contribution is 5.91. The third-order valence-electron chi connectivity index (χ3n) is 6.21. The number of hydrogen-bond acceptors (Lipinski definition) is 8. The zero-order valence-electron chi connectivity index (χ0n) is 23.8. The van der Waals surface area contributed by atoms with Gasteiger partial charge in [0.05, 0.1) is 10.8 Å². The Morgan fingerprint density at radius 3 is 1.29 bits per heavy atom. The maximum atomic E-state index is 5.97. The summed E-state index contributed by atoms with van der Waals surface area (Å²) in [5.74, 6) is 13.2. The van der Waals surface area contributed by atoms with E-state index in [-0.39, 0.29) is 12.1 Å². The van der Waals surface area contributed by atoms with Crippen molar-refractivity contribution >= 4 is 33.7 Å². The molecule has 6 rings (SSSR count). The quantitative estimate of drug-likeness (QED) is 0.292. The third-order valence-corrected chi connectivity index (χ3v) is 6.21. The first-order valence-electron chi connectivity index (χ1n) is 13.4. The van der Waals surface area contributed by atoms with Gasteiger partial charge in [-0.3, -0.25) is 0 Å². The highest BCUT2D eigenvalue weighted by Gasteiger charge is 2.16. The van der Waals surface area contributed by atoms with Gasteiger partial charge in [0.2, 0.25) is 0 Å². The SMILES string of the molecule is CC(C)n1nc(C#Cc2ccccc2)c2c(N)ncnc21.CC(C)n1nc(C#Cc2ccccc2)c2c(N)ncnc21. The van der Waals surface area contributed by atoms with Gasteiger partial charge in [-0.15, -0.1) is 0 Å². The molecular weight excluding hydrogens is 524 g/mol. The van der Waals surface area contributed by atoms with Gasteiger partial charge in [0.1, 0.15) is 35.7 Å². The molecule has 6 aromatic rings. The van der Waals surface area contributed by atoms with Crippen molar-refractivity contribution in [1.82, 2.24) is 39.5 Å². The summed E-state index contributed by atoms with van der Waals surface area (Å²) in [6.45, 7) is 8.16. The van der Waals surface area contributed by atoms with Crippen molar-refractivity contribution in [1.29, 1.82) is 0 Å². The van der Waals surface area contributed by atoms with Crippen LogP contribution >= 0.6 is 0 Å². The first-order valence-corrected chi connectivity index (χ1v) is 13.4. The number of nitrogens with zero attached hydrogens (tertiary/aromatic N) is 8. The summed E-state index contributed by atoms with van der Waals surface area (Å²) in [5, 5.41) is 10.5. The van der Waals surface area contributed by atoms with Crippen molar-refractivity contribution in [2.75, 3.05) is 11.5 Å². The molecule has 0 amide bonds. The van der Waals surface area contributed by atoms with Crippen LogP contribution in [-0.2, 0) is 0 Å². The number of nitrogens with two attached hydrogens (primary N) is 2. The molecule has 208 valence electrons. The molecule has 10 nitrogen and oxygen atoms in total. The molecule has 42 heavy (non-hydrogen) atoms. The number of anilines is 2. The van der Waals surface area contributed by atoms with E-state index in [0.717, 1.165) is 33.2 Å². The molecule has 0 radical (unpaired) electrons. The van der Waals surface area contributed by atoms with Gasteiger partial charge in [0.25, 0.3) is 0 Å². The van der Waals surface area contributed by atoms with Crippen LogP contribution in [0.2, 0.25) is 0 Å². The van der Waals surface area contributed by atoms with Crippen molar-refractivity contribution in [3.8, 4) is 23.7 Å². The Kier molecular flexibility index (Phi) is 8.07. The second kappa shape index (κ2) is 12.2. The standard InChI is InChI=1S/2C16H15N5/c2*1-11(2)21-16-14(15(17)18-10-19-16)13(20-21)9-8-12-6-4-3-5-7-12/h2*3-7,10-11H,1-2H3,(H2,17,18,19). The van der Waals surface area contributed by atoms with Crippen LogP contribution in [0.5, 0.6) is 0 Å². The Hall–Kier alpha value is -5.74. The molecule has 0 aliphatic rings. The van der Waals surface area contributed by atoms with Crippen LogP contribution in [0, 0.1) is 23.7 Å². The fourth-order valence-corrected chi connectivity index (χ4v) is 4.19. The second-order valence-electron chi connectivity index (χ2n) is 9.92. The summed E-state index contributed by atoms with van der Waals surface area (Å²) < 4.78 is 3.64. The summed E-state index contributed by atoms with van der Waals surface area (Å²) >= 11 is 0. The fraction of sp³-hybridized carbons (Fsp3) is 0.188. The average molecular weight is 555 g/mol. The molecule has 0 bridgehead atoms. The minimum atomic E-state index is 0.175. The van der Waals surface area contributed by atoms with E-state index in [1.165, 1.54) is 12.7 Å². The molecule has 0 aliphatic heterocycles. The van der Waals surface area contributed by atoms with E-state index in [4.69, 9.17) is 11.5 Å². The molecule has 0 fully saturated rings. The molecule has 0 saturated heterocycles. The van der Waals surface area contributed by atoms with E-state index >= 15 is 0 Å². The number of benzene rings is 2. The lowest BCUT2D eigenvalue weighted by molar-refractivity contribution is 0.545. The van der Waals surface area contributed by atoms with Crippen LogP contribution in [0.3, 0.4) is 0 Å². The normalized spacial score (nSPS) is 10.6. The fourth-order valence-electron chi connectivity index (χ4n) is 4.19. The predicted molar refractivity (Wildman–Crippen MR) is 165 cm³/mol.